The standard InChI is InChI=1S/C22H24N4O4S/c1-5-15-6-8-16(9-7-15)26-11-10-17(27)18(25-26)20(28)24-22-23-14(4)19(31-22)21(29)30-12-13(2)3/h6-11,13H,5,12H2,1-4H3,(H,23,24,28). The molecule has 31 heavy (non-hydrogen) atoms. The summed E-state index contributed by atoms with van der Waals surface area (Å²) in [6, 6.07) is 8.96. The number of esters is 1. The predicted molar refractivity (Wildman–Crippen MR) is 119 cm³/mol. The summed E-state index contributed by atoms with van der Waals surface area (Å²) in [4.78, 5) is 41.6. The van der Waals surface area contributed by atoms with Crippen molar-refractivity contribution in [1.82, 2.24) is 14.8 Å². The van der Waals surface area contributed by atoms with Crippen molar-refractivity contribution in [2.45, 2.75) is 34.1 Å². The largest absolute Gasteiger partial charge is 0.461 e. The Morgan fingerprint density at radius 3 is 2.55 bits per heavy atom. The number of benzene rings is 1. The lowest BCUT2D eigenvalue weighted by atomic mass is 10.1. The van der Waals surface area contributed by atoms with E-state index in [1.807, 2.05) is 38.1 Å². The Kier molecular flexibility index (Phi) is 6.96. The molecule has 3 rings (SSSR count). The molecular weight excluding hydrogens is 416 g/mol. The van der Waals surface area contributed by atoms with Crippen LogP contribution in [0, 0.1) is 12.8 Å². The van der Waals surface area contributed by atoms with Crippen LogP contribution in [0.25, 0.3) is 5.69 Å². The van der Waals surface area contributed by atoms with Crippen molar-refractivity contribution in [2.75, 3.05) is 11.9 Å². The molecular formula is C22H24N4O4S. The summed E-state index contributed by atoms with van der Waals surface area (Å²) in [5.74, 6) is -0.971. The van der Waals surface area contributed by atoms with E-state index in [0.717, 1.165) is 23.4 Å². The average Bonchev–Trinajstić information content (AvgIpc) is 3.12. The molecule has 162 valence electrons. The number of ether oxygens (including phenoxy) is 1. The molecule has 0 spiro atoms. The molecule has 0 fully saturated rings. The first-order valence-corrected chi connectivity index (χ1v) is 10.7. The molecule has 2 heterocycles. The van der Waals surface area contributed by atoms with Crippen molar-refractivity contribution in [3.05, 3.63) is 68.6 Å². The molecule has 0 radical (unpaired) electrons. The average molecular weight is 441 g/mol. The lowest BCUT2D eigenvalue weighted by molar-refractivity contribution is 0.0463. The second-order valence-corrected chi connectivity index (χ2v) is 8.37. The van der Waals surface area contributed by atoms with Gasteiger partial charge in [0.05, 0.1) is 18.0 Å². The lowest BCUT2D eigenvalue weighted by Gasteiger charge is -2.08. The highest BCUT2D eigenvalue weighted by molar-refractivity contribution is 7.17. The van der Waals surface area contributed by atoms with E-state index in [1.165, 1.54) is 22.5 Å². The van der Waals surface area contributed by atoms with Crippen molar-refractivity contribution in [3.8, 4) is 5.69 Å². The lowest BCUT2D eigenvalue weighted by Crippen LogP contribution is -2.25. The molecule has 0 saturated heterocycles. The molecule has 9 heteroatoms. The monoisotopic (exact) mass is 440 g/mol. The van der Waals surface area contributed by atoms with Crippen molar-refractivity contribution in [2.24, 2.45) is 5.92 Å². The zero-order valence-electron chi connectivity index (χ0n) is 17.8. The Bertz CT molecular complexity index is 1150. The minimum absolute atomic E-state index is 0.197. The number of rotatable bonds is 7. The van der Waals surface area contributed by atoms with Gasteiger partial charge in [0, 0.05) is 12.3 Å². The number of aryl methyl sites for hydroxylation is 2. The number of thiazole rings is 1. The van der Waals surface area contributed by atoms with Crippen LogP contribution in [0.1, 0.15) is 52.2 Å². The molecule has 0 bridgehead atoms. The number of carbonyl (C=O) groups excluding carboxylic acids is 2. The van der Waals surface area contributed by atoms with Crippen molar-refractivity contribution >= 4 is 28.3 Å². The van der Waals surface area contributed by atoms with Gasteiger partial charge in [0.25, 0.3) is 5.91 Å². The van der Waals surface area contributed by atoms with E-state index in [4.69, 9.17) is 4.74 Å². The van der Waals surface area contributed by atoms with Crippen molar-refractivity contribution < 1.29 is 14.3 Å². The van der Waals surface area contributed by atoms with E-state index in [9.17, 15) is 14.4 Å². The van der Waals surface area contributed by atoms with Gasteiger partial charge in [-0.15, -0.1) is 0 Å². The summed E-state index contributed by atoms with van der Waals surface area (Å²) in [7, 11) is 0. The van der Waals surface area contributed by atoms with Crippen LogP contribution in [0.4, 0.5) is 5.13 Å². The van der Waals surface area contributed by atoms with Gasteiger partial charge in [-0.1, -0.05) is 44.2 Å². The Morgan fingerprint density at radius 1 is 1.19 bits per heavy atom. The van der Waals surface area contributed by atoms with E-state index >= 15 is 0 Å². The van der Waals surface area contributed by atoms with Gasteiger partial charge in [0.1, 0.15) is 4.88 Å². The maximum atomic E-state index is 12.7. The molecule has 3 aromatic rings. The smallest absolute Gasteiger partial charge is 0.350 e. The van der Waals surface area contributed by atoms with Crippen LogP contribution in [-0.2, 0) is 11.2 Å². The van der Waals surface area contributed by atoms with Gasteiger partial charge in [0.15, 0.2) is 10.8 Å². The molecule has 0 saturated carbocycles. The third-order valence-corrected chi connectivity index (χ3v) is 5.44. The van der Waals surface area contributed by atoms with Crippen LogP contribution in [0.2, 0.25) is 0 Å². The summed E-state index contributed by atoms with van der Waals surface area (Å²) in [5, 5.41) is 6.94. The number of amides is 1. The quantitative estimate of drug-likeness (QED) is 0.563. The Morgan fingerprint density at radius 2 is 1.90 bits per heavy atom. The highest BCUT2D eigenvalue weighted by Gasteiger charge is 2.20. The van der Waals surface area contributed by atoms with E-state index < -0.39 is 17.3 Å². The van der Waals surface area contributed by atoms with Gasteiger partial charge < -0.3 is 4.74 Å². The van der Waals surface area contributed by atoms with Gasteiger partial charge in [-0.3, -0.25) is 14.9 Å². The van der Waals surface area contributed by atoms with Gasteiger partial charge in [-0.25, -0.2) is 14.5 Å². The first-order chi connectivity index (χ1) is 14.8. The second kappa shape index (κ2) is 9.65. The number of hydrogen-bond acceptors (Lipinski definition) is 7. The molecule has 1 amide bonds. The third kappa shape index (κ3) is 5.43. The molecule has 0 atom stereocenters. The fourth-order valence-corrected chi connectivity index (χ4v) is 3.55. The number of aromatic nitrogens is 3. The fraction of sp³-hybridized carbons (Fsp3) is 0.318. The minimum atomic E-state index is -0.694. The van der Waals surface area contributed by atoms with Gasteiger partial charge in [0.2, 0.25) is 5.43 Å². The highest BCUT2D eigenvalue weighted by Crippen LogP contribution is 2.24. The SMILES string of the molecule is CCc1ccc(-n2ccc(=O)c(C(=O)Nc3nc(C)c(C(=O)OCC(C)C)s3)n2)cc1. The van der Waals surface area contributed by atoms with Crippen LogP contribution in [0.15, 0.2) is 41.3 Å². The van der Waals surface area contributed by atoms with Crippen LogP contribution in [0.5, 0.6) is 0 Å². The second-order valence-electron chi connectivity index (χ2n) is 7.37. The number of hydrogen-bond donors (Lipinski definition) is 1. The number of anilines is 1. The molecule has 0 aliphatic rings. The molecule has 0 aliphatic heterocycles. The number of carbonyl (C=O) groups is 2. The van der Waals surface area contributed by atoms with Gasteiger partial charge in [-0.2, -0.15) is 5.10 Å². The van der Waals surface area contributed by atoms with Crippen LogP contribution < -0.4 is 10.7 Å². The molecule has 8 nitrogen and oxygen atoms in total. The van der Waals surface area contributed by atoms with Crippen LogP contribution in [0.3, 0.4) is 0 Å². The summed E-state index contributed by atoms with van der Waals surface area (Å²) in [5.41, 5.74) is 1.57. The van der Waals surface area contributed by atoms with E-state index in [2.05, 4.69) is 22.3 Å². The van der Waals surface area contributed by atoms with E-state index in [0.29, 0.717) is 17.2 Å². The molecule has 1 N–H and O–H groups in total. The fourth-order valence-electron chi connectivity index (χ4n) is 2.70. The topological polar surface area (TPSA) is 103 Å². The van der Waals surface area contributed by atoms with E-state index in [1.54, 1.807) is 6.92 Å². The zero-order valence-corrected chi connectivity index (χ0v) is 18.7. The molecule has 2 aromatic heterocycles. The first kappa shape index (κ1) is 22.4. The Hall–Kier alpha value is -3.33. The Balaban J connectivity index is 1.80. The molecule has 0 aliphatic carbocycles. The Labute approximate surface area is 183 Å². The summed E-state index contributed by atoms with van der Waals surface area (Å²) in [6.45, 7) is 7.90. The van der Waals surface area contributed by atoms with Crippen molar-refractivity contribution in [3.63, 3.8) is 0 Å². The maximum absolute atomic E-state index is 12.7. The van der Waals surface area contributed by atoms with Crippen molar-refractivity contribution in [1.29, 1.82) is 0 Å². The van der Waals surface area contributed by atoms with Crippen LogP contribution >= 0.6 is 11.3 Å². The maximum Gasteiger partial charge on any atom is 0.350 e. The third-order valence-electron chi connectivity index (χ3n) is 4.38. The number of nitrogens with one attached hydrogen (secondary N) is 1. The van der Waals surface area contributed by atoms with E-state index in [-0.39, 0.29) is 16.7 Å². The number of nitrogens with zero attached hydrogens (tertiary/aromatic N) is 3. The summed E-state index contributed by atoms with van der Waals surface area (Å²) < 4.78 is 6.70. The highest BCUT2D eigenvalue weighted by atomic mass is 32.1. The summed E-state index contributed by atoms with van der Waals surface area (Å²) in [6.07, 6.45) is 2.42. The first-order valence-electron chi connectivity index (χ1n) is 9.93. The molecule has 0 unspecified atom stereocenters. The van der Waals surface area contributed by atoms with Gasteiger partial charge >= 0.3 is 5.97 Å². The summed E-state index contributed by atoms with van der Waals surface area (Å²) >= 11 is 0.999. The normalized spacial score (nSPS) is 10.9. The molecule has 1 aromatic carbocycles. The van der Waals surface area contributed by atoms with Gasteiger partial charge in [-0.05, 0) is 37.0 Å². The predicted octanol–water partition coefficient (Wildman–Crippen LogP) is 3.62. The minimum Gasteiger partial charge on any atom is -0.461 e. The zero-order chi connectivity index (χ0) is 22.5. The van der Waals surface area contributed by atoms with Crippen LogP contribution in [-0.4, -0.2) is 33.2 Å².